The van der Waals surface area contributed by atoms with E-state index >= 15 is 0 Å². The van der Waals surface area contributed by atoms with Crippen LogP contribution in [0.2, 0.25) is 0 Å². The number of amides is 1. The summed E-state index contributed by atoms with van der Waals surface area (Å²) in [7, 11) is 0. The molecule has 1 aromatic rings. The van der Waals surface area contributed by atoms with Crippen LogP contribution in [0.3, 0.4) is 0 Å². The summed E-state index contributed by atoms with van der Waals surface area (Å²) in [5, 5.41) is 2.83. The molecule has 1 heterocycles. The summed E-state index contributed by atoms with van der Waals surface area (Å²) in [6.45, 7) is 5.04. The summed E-state index contributed by atoms with van der Waals surface area (Å²) in [6.07, 6.45) is 5.17. The molecule has 0 aromatic heterocycles. The Labute approximate surface area is 139 Å². The van der Waals surface area contributed by atoms with Crippen molar-refractivity contribution in [2.75, 3.05) is 32.8 Å². The van der Waals surface area contributed by atoms with Crippen LogP contribution in [0.4, 0.5) is 0 Å². The van der Waals surface area contributed by atoms with Crippen LogP contribution in [0.5, 0.6) is 5.75 Å². The van der Waals surface area contributed by atoms with Gasteiger partial charge in [0.1, 0.15) is 5.75 Å². The zero-order chi connectivity index (χ0) is 16.3. The van der Waals surface area contributed by atoms with Gasteiger partial charge in [0.05, 0.1) is 6.61 Å². The molecule has 1 aliphatic heterocycles. The predicted octanol–water partition coefficient (Wildman–Crippen LogP) is 1.91. The van der Waals surface area contributed by atoms with Gasteiger partial charge in [-0.2, -0.15) is 0 Å². The monoisotopic (exact) mass is 319 g/mol. The SMILES string of the molecule is NCCC(=O)NCCCOc1cccc(CN2CCCCC2)c1. The molecule has 5 heteroatoms. The second-order valence-corrected chi connectivity index (χ2v) is 6.07. The molecule has 0 aliphatic carbocycles. The van der Waals surface area contributed by atoms with E-state index in [0.717, 1.165) is 18.7 Å². The van der Waals surface area contributed by atoms with Crippen LogP contribution in [-0.2, 0) is 11.3 Å². The molecule has 1 aromatic carbocycles. The van der Waals surface area contributed by atoms with Gasteiger partial charge < -0.3 is 15.8 Å². The van der Waals surface area contributed by atoms with Crippen molar-refractivity contribution in [2.24, 2.45) is 5.73 Å². The molecule has 1 amide bonds. The molecule has 0 spiro atoms. The lowest BCUT2D eigenvalue weighted by Gasteiger charge is -2.26. The third-order valence-corrected chi connectivity index (χ3v) is 4.04. The Morgan fingerprint density at radius 2 is 2.09 bits per heavy atom. The highest BCUT2D eigenvalue weighted by Gasteiger charge is 2.10. The first kappa shape index (κ1) is 17.8. The zero-order valence-electron chi connectivity index (χ0n) is 13.9. The maximum absolute atomic E-state index is 11.3. The number of carbonyl (C=O) groups is 1. The summed E-state index contributed by atoms with van der Waals surface area (Å²) in [6, 6.07) is 8.33. The van der Waals surface area contributed by atoms with Crippen molar-refractivity contribution in [3.8, 4) is 5.75 Å². The highest BCUT2D eigenvalue weighted by atomic mass is 16.5. The highest BCUT2D eigenvalue weighted by Crippen LogP contribution is 2.17. The molecule has 1 aliphatic rings. The molecule has 0 unspecified atom stereocenters. The van der Waals surface area contributed by atoms with Crippen molar-refractivity contribution in [1.29, 1.82) is 0 Å². The van der Waals surface area contributed by atoms with E-state index in [-0.39, 0.29) is 5.91 Å². The number of likely N-dealkylation sites (tertiary alicyclic amines) is 1. The number of ether oxygens (including phenoxy) is 1. The average Bonchev–Trinajstić information content (AvgIpc) is 2.56. The van der Waals surface area contributed by atoms with Gasteiger partial charge in [0.15, 0.2) is 0 Å². The van der Waals surface area contributed by atoms with Crippen LogP contribution in [0, 0.1) is 0 Å². The van der Waals surface area contributed by atoms with E-state index in [1.165, 1.54) is 37.9 Å². The molecule has 0 bridgehead atoms. The zero-order valence-corrected chi connectivity index (χ0v) is 13.9. The van der Waals surface area contributed by atoms with Crippen molar-refractivity contribution in [1.82, 2.24) is 10.2 Å². The summed E-state index contributed by atoms with van der Waals surface area (Å²) < 4.78 is 5.78. The lowest BCUT2D eigenvalue weighted by molar-refractivity contribution is -0.120. The molecule has 0 atom stereocenters. The van der Waals surface area contributed by atoms with Gasteiger partial charge in [0.2, 0.25) is 5.91 Å². The predicted molar refractivity (Wildman–Crippen MR) is 92.4 cm³/mol. The number of nitrogens with two attached hydrogens (primary N) is 1. The number of hydrogen-bond acceptors (Lipinski definition) is 4. The van der Waals surface area contributed by atoms with Crippen molar-refractivity contribution in [3.05, 3.63) is 29.8 Å². The molecule has 1 saturated heterocycles. The Morgan fingerprint density at radius 3 is 2.87 bits per heavy atom. The Balaban J connectivity index is 1.67. The van der Waals surface area contributed by atoms with E-state index in [2.05, 4.69) is 28.4 Å². The quantitative estimate of drug-likeness (QED) is 0.682. The van der Waals surface area contributed by atoms with E-state index in [9.17, 15) is 4.79 Å². The summed E-state index contributed by atoms with van der Waals surface area (Å²) in [5.74, 6) is 0.920. The van der Waals surface area contributed by atoms with Crippen molar-refractivity contribution in [2.45, 2.75) is 38.6 Å². The van der Waals surface area contributed by atoms with Crippen LogP contribution in [0.15, 0.2) is 24.3 Å². The van der Waals surface area contributed by atoms with Crippen molar-refractivity contribution in [3.63, 3.8) is 0 Å². The van der Waals surface area contributed by atoms with E-state index < -0.39 is 0 Å². The summed E-state index contributed by atoms with van der Waals surface area (Å²) in [5.41, 5.74) is 6.63. The van der Waals surface area contributed by atoms with Crippen LogP contribution >= 0.6 is 0 Å². The molecule has 5 nitrogen and oxygen atoms in total. The first-order valence-electron chi connectivity index (χ1n) is 8.69. The number of carbonyl (C=O) groups excluding carboxylic acids is 1. The van der Waals surface area contributed by atoms with Crippen LogP contribution in [-0.4, -0.2) is 43.6 Å². The number of piperidine rings is 1. The van der Waals surface area contributed by atoms with Gasteiger partial charge in [-0.05, 0) is 50.0 Å². The van der Waals surface area contributed by atoms with E-state index in [1.54, 1.807) is 0 Å². The Bertz CT molecular complexity index is 473. The average molecular weight is 319 g/mol. The van der Waals surface area contributed by atoms with Gasteiger partial charge in [-0.3, -0.25) is 9.69 Å². The van der Waals surface area contributed by atoms with Gasteiger partial charge in [-0.1, -0.05) is 18.6 Å². The van der Waals surface area contributed by atoms with Gasteiger partial charge in [0, 0.05) is 26.1 Å². The first-order valence-corrected chi connectivity index (χ1v) is 8.69. The van der Waals surface area contributed by atoms with Crippen molar-refractivity contribution >= 4 is 5.91 Å². The normalized spacial score (nSPS) is 15.3. The highest BCUT2D eigenvalue weighted by molar-refractivity contribution is 5.75. The number of benzene rings is 1. The number of hydrogen-bond donors (Lipinski definition) is 2. The van der Waals surface area contributed by atoms with E-state index in [4.69, 9.17) is 10.5 Å². The van der Waals surface area contributed by atoms with E-state index in [1.807, 2.05) is 6.07 Å². The van der Waals surface area contributed by atoms with Gasteiger partial charge in [-0.25, -0.2) is 0 Å². The standard InChI is InChI=1S/C18H29N3O2/c19-9-8-18(22)20-10-5-13-23-17-7-4-6-16(14-17)15-21-11-2-1-3-12-21/h4,6-7,14H,1-3,5,8-13,15,19H2,(H,20,22). The molecule has 23 heavy (non-hydrogen) atoms. The second kappa shape index (κ2) is 10.2. The summed E-state index contributed by atoms with van der Waals surface area (Å²) in [4.78, 5) is 13.8. The minimum atomic E-state index is 0.0102. The molecule has 2 rings (SSSR count). The minimum Gasteiger partial charge on any atom is -0.494 e. The fraction of sp³-hybridized carbons (Fsp3) is 0.611. The van der Waals surface area contributed by atoms with Crippen molar-refractivity contribution < 1.29 is 9.53 Å². The molecular weight excluding hydrogens is 290 g/mol. The maximum Gasteiger partial charge on any atom is 0.221 e. The fourth-order valence-corrected chi connectivity index (χ4v) is 2.82. The van der Waals surface area contributed by atoms with Gasteiger partial charge in [0.25, 0.3) is 0 Å². The first-order chi connectivity index (χ1) is 11.3. The van der Waals surface area contributed by atoms with Crippen LogP contribution in [0.1, 0.15) is 37.7 Å². The Morgan fingerprint density at radius 1 is 1.26 bits per heavy atom. The molecule has 0 saturated carbocycles. The molecule has 0 radical (unpaired) electrons. The number of rotatable bonds is 9. The minimum absolute atomic E-state index is 0.0102. The summed E-state index contributed by atoms with van der Waals surface area (Å²) >= 11 is 0. The third-order valence-electron chi connectivity index (χ3n) is 4.04. The third kappa shape index (κ3) is 7.01. The lowest BCUT2D eigenvalue weighted by atomic mass is 10.1. The van der Waals surface area contributed by atoms with E-state index in [0.29, 0.717) is 26.1 Å². The maximum atomic E-state index is 11.3. The van der Waals surface area contributed by atoms with Gasteiger partial charge >= 0.3 is 0 Å². The van der Waals surface area contributed by atoms with Crippen LogP contribution in [0.25, 0.3) is 0 Å². The molecule has 128 valence electrons. The molecular formula is C18H29N3O2. The smallest absolute Gasteiger partial charge is 0.221 e. The fourth-order valence-electron chi connectivity index (χ4n) is 2.82. The van der Waals surface area contributed by atoms with Crippen LogP contribution < -0.4 is 15.8 Å². The second-order valence-electron chi connectivity index (χ2n) is 6.07. The van der Waals surface area contributed by atoms with Gasteiger partial charge in [-0.15, -0.1) is 0 Å². The Kier molecular flexibility index (Phi) is 7.90. The number of nitrogens with zero attached hydrogens (tertiary/aromatic N) is 1. The topological polar surface area (TPSA) is 67.6 Å². The largest absolute Gasteiger partial charge is 0.494 e. The Hall–Kier alpha value is -1.59. The molecule has 1 fully saturated rings. The number of nitrogens with one attached hydrogen (secondary N) is 1. The lowest BCUT2D eigenvalue weighted by Crippen LogP contribution is -2.29. The molecule has 3 N–H and O–H groups in total.